The quantitative estimate of drug-likeness (QED) is 0.739. The molecule has 1 unspecified atom stereocenters. The van der Waals surface area contributed by atoms with Crippen LogP contribution in [-0.4, -0.2) is 28.9 Å². The van der Waals surface area contributed by atoms with Gasteiger partial charge in [-0.05, 0) is 37.1 Å². The van der Waals surface area contributed by atoms with Crippen molar-refractivity contribution in [3.05, 3.63) is 28.8 Å². The zero-order valence-electron chi connectivity index (χ0n) is 9.04. The van der Waals surface area contributed by atoms with Crippen LogP contribution in [0.25, 0.3) is 0 Å². The fourth-order valence-electron chi connectivity index (χ4n) is 2.14. The molecule has 2 rings (SSSR count). The summed E-state index contributed by atoms with van der Waals surface area (Å²) in [6.45, 7) is 1.59. The van der Waals surface area contributed by atoms with Crippen molar-refractivity contribution in [3.63, 3.8) is 0 Å². The molecule has 1 atom stereocenters. The lowest BCUT2D eigenvalue weighted by Crippen LogP contribution is -2.47. The van der Waals surface area contributed by atoms with Gasteiger partial charge in [-0.15, -0.1) is 0 Å². The summed E-state index contributed by atoms with van der Waals surface area (Å²) in [5.74, 6) is 0.0826. The number of hydrogen-bond acceptors (Lipinski definition) is 3. The SMILES string of the molecule is Oc1ccc(CC2(O)CCCNC2)cc1Cl. The lowest BCUT2D eigenvalue weighted by atomic mass is 9.87. The van der Waals surface area contributed by atoms with Gasteiger partial charge >= 0.3 is 0 Å². The predicted molar refractivity (Wildman–Crippen MR) is 63.9 cm³/mol. The number of phenolic OH excluding ortho intramolecular Hbond substituents is 1. The van der Waals surface area contributed by atoms with Crippen LogP contribution in [0.2, 0.25) is 5.02 Å². The molecule has 1 aromatic rings. The van der Waals surface area contributed by atoms with E-state index >= 15 is 0 Å². The van der Waals surface area contributed by atoms with Gasteiger partial charge in [0.2, 0.25) is 0 Å². The maximum absolute atomic E-state index is 10.3. The van der Waals surface area contributed by atoms with Crippen molar-refractivity contribution in [3.8, 4) is 5.75 Å². The van der Waals surface area contributed by atoms with Crippen LogP contribution in [0.15, 0.2) is 18.2 Å². The van der Waals surface area contributed by atoms with E-state index in [1.807, 2.05) is 0 Å². The number of phenols is 1. The molecule has 1 aromatic carbocycles. The van der Waals surface area contributed by atoms with Crippen LogP contribution in [0.1, 0.15) is 18.4 Å². The second-order valence-electron chi connectivity index (χ2n) is 4.47. The molecule has 88 valence electrons. The molecule has 1 aliphatic heterocycles. The summed E-state index contributed by atoms with van der Waals surface area (Å²) in [5, 5.41) is 23.2. The summed E-state index contributed by atoms with van der Waals surface area (Å²) >= 11 is 5.83. The summed E-state index contributed by atoms with van der Waals surface area (Å²) in [7, 11) is 0. The Kier molecular flexibility index (Phi) is 3.38. The molecule has 1 saturated heterocycles. The number of aromatic hydroxyl groups is 1. The van der Waals surface area contributed by atoms with Crippen molar-refractivity contribution < 1.29 is 10.2 Å². The van der Waals surface area contributed by atoms with Crippen molar-refractivity contribution in [1.29, 1.82) is 0 Å². The first-order valence-electron chi connectivity index (χ1n) is 5.50. The Morgan fingerprint density at radius 1 is 1.44 bits per heavy atom. The molecule has 0 aliphatic carbocycles. The highest BCUT2D eigenvalue weighted by Crippen LogP contribution is 2.27. The van der Waals surface area contributed by atoms with E-state index in [0.717, 1.165) is 24.9 Å². The predicted octanol–water partition coefficient (Wildman–Crippen LogP) is 1.70. The molecule has 3 N–H and O–H groups in total. The second kappa shape index (κ2) is 4.62. The largest absolute Gasteiger partial charge is 0.506 e. The summed E-state index contributed by atoms with van der Waals surface area (Å²) in [6, 6.07) is 5.08. The number of piperidine rings is 1. The maximum atomic E-state index is 10.3. The van der Waals surface area contributed by atoms with Gasteiger partial charge < -0.3 is 15.5 Å². The van der Waals surface area contributed by atoms with Crippen molar-refractivity contribution >= 4 is 11.6 Å². The van der Waals surface area contributed by atoms with E-state index in [1.165, 1.54) is 0 Å². The number of halogens is 1. The Morgan fingerprint density at radius 3 is 2.88 bits per heavy atom. The van der Waals surface area contributed by atoms with Crippen LogP contribution >= 0.6 is 11.6 Å². The lowest BCUT2D eigenvalue weighted by molar-refractivity contribution is 0.0169. The van der Waals surface area contributed by atoms with Crippen molar-refractivity contribution in [1.82, 2.24) is 5.32 Å². The Balaban J connectivity index is 2.10. The molecule has 1 fully saturated rings. The molecular weight excluding hydrogens is 226 g/mol. The van der Waals surface area contributed by atoms with Gasteiger partial charge in [-0.3, -0.25) is 0 Å². The number of aliphatic hydroxyl groups is 1. The summed E-state index contributed by atoms with van der Waals surface area (Å²) in [6.07, 6.45) is 2.36. The zero-order chi connectivity index (χ0) is 11.6. The van der Waals surface area contributed by atoms with E-state index in [1.54, 1.807) is 18.2 Å². The van der Waals surface area contributed by atoms with Gasteiger partial charge in [0.05, 0.1) is 10.6 Å². The molecule has 0 amide bonds. The Morgan fingerprint density at radius 2 is 2.25 bits per heavy atom. The van der Waals surface area contributed by atoms with Crippen LogP contribution in [0.4, 0.5) is 0 Å². The van der Waals surface area contributed by atoms with Gasteiger partial charge in [0.1, 0.15) is 5.75 Å². The third kappa shape index (κ3) is 2.67. The zero-order valence-corrected chi connectivity index (χ0v) is 9.80. The fourth-order valence-corrected chi connectivity index (χ4v) is 2.35. The molecular formula is C12H16ClNO2. The molecule has 0 saturated carbocycles. The molecule has 0 aromatic heterocycles. The first-order valence-corrected chi connectivity index (χ1v) is 5.87. The number of β-amino-alcohol motifs (C(OH)–C–C–N with tert-alkyl or cyclic N) is 1. The van der Waals surface area contributed by atoms with E-state index in [2.05, 4.69) is 5.32 Å². The topological polar surface area (TPSA) is 52.5 Å². The summed E-state index contributed by atoms with van der Waals surface area (Å²) in [5.41, 5.74) is 0.271. The molecule has 1 aliphatic rings. The van der Waals surface area contributed by atoms with Crippen molar-refractivity contribution in [2.24, 2.45) is 0 Å². The smallest absolute Gasteiger partial charge is 0.134 e. The third-order valence-electron chi connectivity index (χ3n) is 3.00. The molecule has 0 bridgehead atoms. The summed E-state index contributed by atoms with van der Waals surface area (Å²) < 4.78 is 0. The highest BCUT2D eigenvalue weighted by Gasteiger charge is 2.29. The van der Waals surface area contributed by atoms with Gasteiger partial charge in [0.15, 0.2) is 0 Å². The van der Waals surface area contributed by atoms with E-state index in [0.29, 0.717) is 18.0 Å². The highest BCUT2D eigenvalue weighted by atomic mass is 35.5. The highest BCUT2D eigenvalue weighted by molar-refractivity contribution is 6.32. The Labute approximate surface area is 100 Å². The Bertz CT molecular complexity index is 375. The average Bonchev–Trinajstić information content (AvgIpc) is 2.24. The third-order valence-corrected chi connectivity index (χ3v) is 3.30. The second-order valence-corrected chi connectivity index (χ2v) is 4.87. The fraction of sp³-hybridized carbons (Fsp3) is 0.500. The Hall–Kier alpha value is -0.770. The van der Waals surface area contributed by atoms with Crippen LogP contribution in [0.5, 0.6) is 5.75 Å². The normalized spacial score (nSPS) is 25.6. The van der Waals surface area contributed by atoms with E-state index in [9.17, 15) is 10.2 Å². The van der Waals surface area contributed by atoms with Crippen LogP contribution in [0.3, 0.4) is 0 Å². The van der Waals surface area contributed by atoms with Gasteiger partial charge in [0, 0.05) is 13.0 Å². The molecule has 1 heterocycles. The molecule has 0 spiro atoms. The molecule has 3 nitrogen and oxygen atoms in total. The van der Waals surface area contributed by atoms with Gasteiger partial charge in [-0.1, -0.05) is 17.7 Å². The van der Waals surface area contributed by atoms with Gasteiger partial charge in [0.25, 0.3) is 0 Å². The minimum Gasteiger partial charge on any atom is -0.506 e. The molecule has 4 heteroatoms. The van der Waals surface area contributed by atoms with Gasteiger partial charge in [-0.25, -0.2) is 0 Å². The molecule has 16 heavy (non-hydrogen) atoms. The number of hydrogen-bond donors (Lipinski definition) is 3. The van der Waals surface area contributed by atoms with E-state index in [-0.39, 0.29) is 5.75 Å². The lowest BCUT2D eigenvalue weighted by Gasteiger charge is -2.32. The van der Waals surface area contributed by atoms with Crippen LogP contribution < -0.4 is 5.32 Å². The van der Waals surface area contributed by atoms with E-state index in [4.69, 9.17) is 11.6 Å². The standard InChI is InChI=1S/C12H16ClNO2/c13-10-6-9(2-3-11(10)15)7-12(16)4-1-5-14-8-12/h2-3,6,14-16H,1,4-5,7-8H2. The number of rotatable bonds is 2. The summed E-state index contributed by atoms with van der Waals surface area (Å²) in [4.78, 5) is 0. The molecule has 0 radical (unpaired) electrons. The first-order chi connectivity index (χ1) is 7.59. The van der Waals surface area contributed by atoms with E-state index < -0.39 is 5.60 Å². The first kappa shape index (κ1) is 11.7. The minimum atomic E-state index is -0.682. The van der Waals surface area contributed by atoms with Gasteiger partial charge in [-0.2, -0.15) is 0 Å². The maximum Gasteiger partial charge on any atom is 0.134 e. The van der Waals surface area contributed by atoms with Crippen molar-refractivity contribution in [2.45, 2.75) is 24.9 Å². The van der Waals surface area contributed by atoms with Crippen molar-refractivity contribution in [2.75, 3.05) is 13.1 Å². The average molecular weight is 242 g/mol. The van der Waals surface area contributed by atoms with Crippen LogP contribution in [0, 0.1) is 0 Å². The number of benzene rings is 1. The monoisotopic (exact) mass is 241 g/mol. The number of nitrogens with one attached hydrogen (secondary N) is 1. The van der Waals surface area contributed by atoms with Crippen LogP contribution in [-0.2, 0) is 6.42 Å². The minimum absolute atomic E-state index is 0.0826.